The van der Waals surface area contributed by atoms with E-state index in [1.54, 1.807) is 0 Å². The number of carboxylic acid groups (broad SMARTS) is 3. The molecule has 1 fully saturated rings. The molecule has 382 valence electrons. The molecule has 2 atom stereocenters. The molecule has 1 heterocycles. The number of carbonyl (C=O) groups is 6. The van der Waals surface area contributed by atoms with Crippen LogP contribution in [0.1, 0.15) is 139 Å². The fourth-order valence-corrected chi connectivity index (χ4v) is 17.1. The van der Waals surface area contributed by atoms with E-state index < -0.39 is 33.6 Å². The summed E-state index contributed by atoms with van der Waals surface area (Å²) in [5.74, 6) is -3.83. The van der Waals surface area contributed by atoms with Gasteiger partial charge in [-0.25, -0.2) is 4.79 Å². The van der Waals surface area contributed by atoms with E-state index in [0.717, 1.165) is 38.5 Å². The van der Waals surface area contributed by atoms with Gasteiger partial charge in [-0.15, -0.1) is 0 Å². The first-order valence-electron chi connectivity index (χ1n) is 21.4. The van der Waals surface area contributed by atoms with Gasteiger partial charge in [0, 0.05) is 69.3 Å². The molecule has 26 heteroatoms. The zero-order valence-corrected chi connectivity index (χ0v) is 46.5. The van der Waals surface area contributed by atoms with Gasteiger partial charge in [-0.1, -0.05) is 109 Å². The van der Waals surface area contributed by atoms with E-state index >= 15 is 0 Å². The van der Waals surface area contributed by atoms with E-state index in [1.165, 1.54) is 110 Å². The van der Waals surface area contributed by atoms with Crippen LogP contribution < -0.4 is 21.3 Å². The average molecular weight is 1160 g/mol. The number of carbonyl (C=O) groups excluding carboxylic acids is 3. The molecule has 65 heavy (non-hydrogen) atoms. The van der Waals surface area contributed by atoms with Gasteiger partial charge in [0.25, 0.3) is 0 Å². The van der Waals surface area contributed by atoms with E-state index in [4.69, 9.17) is 14.6 Å². The van der Waals surface area contributed by atoms with Crippen molar-refractivity contribution in [1.29, 1.82) is 0 Å². The van der Waals surface area contributed by atoms with Gasteiger partial charge < -0.3 is 45.9 Å². The number of aliphatic hydroxyl groups is 1. The number of nitrogens with zero attached hydrogens (tertiary/aromatic N) is 1. The number of rotatable bonds is 40. The fraction of sp³-hybridized carbons (Fsp3) is 0.821. The van der Waals surface area contributed by atoms with Crippen LogP contribution >= 0.6 is 64.8 Å². The molecule has 1 aliphatic rings. The maximum Gasteiger partial charge on any atom is 0 e. The Labute approximate surface area is 447 Å². The summed E-state index contributed by atoms with van der Waals surface area (Å²) < 4.78 is 12.8. The van der Waals surface area contributed by atoms with Crippen molar-refractivity contribution >= 4 is 100 Å². The molecular weight excluding hydrogens is 1080 g/mol. The minimum absolute atomic E-state index is 0. The second-order valence-corrected chi connectivity index (χ2v) is 23.5. The number of hydrogen-bond donors (Lipinski definition) is 8. The Kier molecular flexibility index (Phi) is 51.1. The summed E-state index contributed by atoms with van der Waals surface area (Å²) in [6, 6.07) is -1.89. The number of hydrogen-bond acceptors (Lipinski definition) is 17. The summed E-state index contributed by atoms with van der Waals surface area (Å²) in [5.41, 5.74) is 0. The Morgan fingerprint density at radius 2 is 1.18 bits per heavy atom. The fourth-order valence-electron chi connectivity index (χ4n) is 5.84. The van der Waals surface area contributed by atoms with Crippen LogP contribution in [0.5, 0.6) is 0 Å². The first kappa shape index (κ1) is 69.4. The third-order valence-electron chi connectivity index (χ3n) is 9.06. The second kappa shape index (κ2) is 47.8. The number of carboxylic acids is 3. The molecule has 0 aliphatic carbocycles. The molecular formula is C39H77FN5O12S6VY-. The third-order valence-corrected chi connectivity index (χ3v) is 19.8. The van der Waals surface area contributed by atoms with Crippen molar-refractivity contribution < 1.29 is 118 Å². The van der Waals surface area contributed by atoms with Crippen LogP contribution in [0.2, 0.25) is 0 Å². The largest absolute Gasteiger partial charge is 0 e. The van der Waals surface area contributed by atoms with E-state index in [-0.39, 0.29) is 123 Å². The molecule has 1 saturated heterocycles. The average Bonchev–Trinajstić information content (AvgIpc) is 3.23. The molecule has 0 unspecified atom stereocenters. The Bertz CT molecular complexity index is 1310. The monoisotopic (exact) mass is 1160 g/mol. The SMILES string of the molecule is CSSC1(O)SSC(N[C@@H](CCCCNC(=O)COCCOCCNC(=O)CC[C@H](NC(=O)CCCCCCCCCCCCCCCCC(=O)O)C(=O)O)C(=O)O)SS1.F.[CH2-][N]=[V].[HH].[HH].[HH].[Y]. The van der Waals surface area contributed by atoms with Crippen LogP contribution in [0.15, 0.2) is 3.79 Å². The molecule has 0 aromatic carbocycles. The molecule has 17 nitrogen and oxygen atoms in total. The minimum Gasteiger partial charge on any atom is 0 e. The van der Waals surface area contributed by atoms with Gasteiger partial charge in [-0.2, -0.15) is 0 Å². The number of halogens is 1. The van der Waals surface area contributed by atoms with Crippen molar-refractivity contribution in [3.8, 4) is 0 Å². The van der Waals surface area contributed by atoms with Crippen molar-refractivity contribution in [2.75, 3.05) is 45.8 Å². The van der Waals surface area contributed by atoms with Crippen molar-refractivity contribution in [1.82, 2.24) is 21.3 Å². The Hall–Kier alpha value is 0.178. The van der Waals surface area contributed by atoms with E-state index in [2.05, 4.69) is 32.1 Å². The number of nitrogens with one attached hydrogen (secondary N) is 4. The van der Waals surface area contributed by atoms with Gasteiger partial charge in [0.2, 0.25) is 21.3 Å². The Balaban J connectivity index is -0.00000117. The Morgan fingerprint density at radius 1 is 0.692 bits per heavy atom. The van der Waals surface area contributed by atoms with Gasteiger partial charge >= 0.3 is 46.0 Å². The molecule has 1 radical (unpaired) electrons. The predicted molar refractivity (Wildman–Crippen MR) is 263 cm³/mol. The molecule has 0 spiro atoms. The summed E-state index contributed by atoms with van der Waals surface area (Å²) in [6.07, 6.45) is 18.9. The van der Waals surface area contributed by atoms with Gasteiger partial charge in [0.15, 0.2) is 0 Å². The Morgan fingerprint density at radius 3 is 1.69 bits per heavy atom. The van der Waals surface area contributed by atoms with Crippen molar-refractivity contribution in [3.05, 3.63) is 7.05 Å². The number of aliphatic carboxylic acids is 3. The van der Waals surface area contributed by atoms with E-state index in [9.17, 15) is 44.1 Å². The zero-order valence-electron chi connectivity index (χ0n) is 37.4. The molecule has 1 rings (SSSR count). The quantitative estimate of drug-likeness (QED) is 0.0124. The third kappa shape index (κ3) is 43.9. The van der Waals surface area contributed by atoms with Crippen LogP contribution in [-0.2, 0) is 88.2 Å². The first-order chi connectivity index (χ1) is 30.3. The van der Waals surface area contributed by atoms with Gasteiger partial charge in [0.1, 0.15) is 23.4 Å². The summed E-state index contributed by atoms with van der Waals surface area (Å²) in [5, 5.41) is 49.2. The number of amides is 3. The normalized spacial score (nSPS) is 16.2. The summed E-state index contributed by atoms with van der Waals surface area (Å²) >= 11 is 1.98. The topological polar surface area (TPSA) is 262 Å². The first-order valence-corrected chi connectivity index (χ1v) is 29.0. The summed E-state index contributed by atoms with van der Waals surface area (Å²) in [6.45, 7) is 0.993. The van der Waals surface area contributed by atoms with Gasteiger partial charge in [-0.05, 0) is 77.2 Å². The molecule has 0 aromatic rings. The molecule has 0 saturated carbocycles. The minimum atomic E-state index is -1.18. The van der Waals surface area contributed by atoms with Crippen molar-refractivity contribution in [3.63, 3.8) is 0 Å². The second-order valence-electron chi connectivity index (χ2n) is 14.4. The van der Waals surface area contributed by atoms with Crippen LogP contribution in [-0.4, -0.2) is 122 Å². The van der Waals surface area contributed by atoms with Crippen LogP contribution in [0.3, 0.4) is 0 Å². The molecule has 3 amide bonds. The standard InChI is InChI=1S/C38H68N4O12S6.CH2N.FH.V.Y.3H2/c1-55-58-38(52)59-56-37(57-60-38)42-29(35(48)49)18-16-17-23-39-33(45)28-54-27-26-53-25-24-40-31(43)22-21-30(36(50)51)41-32(44)19-14-12-10-8-6-4-2-3-5-7-9-11-13-15-20-34(46)47;1-2;;;;;;/h29-30,37,42,52H,2-28H2,1H3,(H,39,45)(H,40,43)(H,41,44)(H,46,47)(H,48,49)(H,50,51);1H2;1H;;;3*1H/q;-1;;;;;;/t29-,30-,37?,38?;;;;;;;/m0......./s1. The molecule has 0 bridgehead atoms. The molecule has 8 N–H and O–H groups in total. The zero-order chi connectivity index (χ0) is 47.0. The molecule has 0 aromatic heterocycles. The van der Waals surface area contributed by atoms with Crippen LogP contribution in [0, 0.1) is 7.05 Å². The van der Waals surface area contributed by atoms with Crippen molar-refractivity contribution in [2.45, 2.75) is 155 Å². The maximum atomic E-state index is 12.3. The number of ether oxygens (including phenoxy) is 2. The van der Waals surface area contributed by atoms with E-state index in [0.29, 0.717) is 32.2 Å². The van der Waals surface area contributed by atoms with Gasteiger partial charge in [-0.3, -0.25) is 34.0 Å². The smallest absolute Gasteiger partial charge is 0 e. The summed E-state index contributed by atoms with van der Waals surface area (Å²) in [7, 11) is 11.3. The van der Waals surface area contributed by atoms with Crippen LogP contribution in [0.4, 0.5) is 4.70 Å². The predicted octanol–water partition coefficient (Wildman–Crippen LogP) is 8.21. The van der Waals surface area contributed by atoms with Crippen molar-refractivity contribution in [2.24, 2.45) is 3.79 Å². The molecule has 1 aliphatic heterocycles. The van der Waals surface area contributed by atoms with Gasteiger partial charge in [0.05, 0.1) is 19.8 Å². The summed E-state index contributed by atoms with van der Waals surface area (Å²) in [4.78, 5) is 70.5. The van der Waals surface area contributed by atoms with Crippen LogP contribution in [0.25, 0.3) is 0 Å². The van der Waals surface area contributed by atoms with E-state index in [1.807, 2.05) is 23.5 Å². The maximum absolute atomic E-state index is 12.3. The number of unbranched alkanes of at least 4 members (excludes halogenated alkanes) is 14.